The maximum atomic E-state index is 12.0. The van der Waals surface area contributed by atoms with Crippen LogP contribution in [0.1, 0.15) is 45.4 Å². The molecule has 0 aromatic rings. The molecule has 5 heteroatoms. The maximum absolute atomic E-state index is 12.0. The highest BCUT2D eigenvalue weighted by Crippen LogP contribution is 2.14. The number of rotatable bonds is 11. The predicted molar refractivity (Wildman–Crippen MR) is 78.4 cm³/mol. The van der Waals surface area contributed by atoms with E-state index in [9.17, 15) is 14.7 Å². The number of quaternary nitrogens is 1. The molecule has 0 rings (SSSR count). The fourth-order valence-electron chi connectivity index (χ4n) is 2.24. The minimum Gasteiger partial charge on any atom is -0.481 e. The molecule has 0 saturated carbocycles. The first-order chi connectivity index (χ1) is 9.19. The summed E-state index contributed by atoms with van der Waals surface area (Å²) in [7, 11) is 5.58. The Morgan fingerprint density at radius 1 is 1.05 bits per heavy atom. The smallest absolute Gasteiger partial charge is 0.316 e. The number of nitrogens with zero attached hydrogens (tertiary/aromatic N) is 1. The van der Waals surface area contributed by atoms with Crippen LogP contribution >= 0.6 is 0 Å². The van der Waals surface area contributed by atoms with Crippen LogP contribution in [0.15, 0.2) is 0 Å². The Hall–Kier alpha value is -0.940. The van der Waals surface area contributed by atoms with Crippen LogP contribution in [0, 0.1) is 5.92 Å². The van der Waals surface area contributed by atoms with Crippen molar-refractivity contribution in [1.29, 1.82) is 0 Å². The molecular weight excluding hydrogens is 258 g/mol. The van der Waals surface area contributed by atoms with Crippen LogP contribution < -0.4 is 0 Å². The molecular formula is C15H30NO4+. The first-order valence-corrected chi connectivity index (χ1v) is 7.43. The van der Waals surface area contributed by atoms with E-state index in [1.54, 1.807) is 0 Å². The highest BCUT2D eigenvalue weighted by atomic mass is 16.4. The Bertz CT molecular complexity index is 309. The van der Waals surface area contributed by atoms with Crippen molar-refractivity contribution in [3.63, 3.8) is 0 Å². The topological polar surface area (TPSA) is 74.6 Å². The summed E-state index contributed by atoms with van der Waals surface area (Å²) in [5, 5.41) is 19.2. The van der Waals surface area contributed by atoms with Gasteiger partial charge in [-0.1, -0.05) is 32.6 Å². The van der Waals surface area contributed by atoms with Crippen molar-refractivity contribution in [3.8, 4) is 0 Å². The number of hydrogen-bond donors (Lipinski definition) is 2. The Morgan fingerprint density at radius 3 is 2.05 bits per heavy atom. The lowest BCUT2D eigenvalue weighted by Gasteiger charge is -2.28. The van der Waals surface area contributed by atoms with Gasteiger partial charge in [0.25, 0.3) is 0 Å². The van der Waals surface area contributed by atoms with Gasteiger partial charge in [0, 0.05) is 6.42 Å². The lowest BCUT2D eigenvalue weighted by atomic mass is 9.93. The second-order valence-corrected chi connectivity index (χ2v) is 6.49. The van der Waals surface area contributed by atoms with Gasteiger partial charge in [-0.25, -0.2) is 0 Å². The number of unbranched alkanes of at least 4 members (excludes halogenated alkanes) is 4. The van der Waals surface area contributed by atoms with Gasteiger partial charge in [0.05, 0.1) is 21.1 Å². The predicted octanol–water partition coefficient (Wildman–Crippen LogP) is 1.68. The molecule has 0 aromatic carbocycles. The van der Waals surface area contributed by atoms with Crippen LogP contribution in [0.25, 0.3) is 0 Å². The van der Waals surface area contributed by atoms with Gasteiger partial charge in [0.1, 0.15) is 24.3 Å². The first-order valence-electron chi connectivity index (χ1n) is 7.43. The third-order valence-corrected chi connectivity index (χ3v) is 3.26. The summed E-state index contributed by atoms with van der Waals surface area (Å²) in [5.41, 5.74) is 0. The van der Waals surface area contributed by atoms with E-state index in [4.69, 9.17) is 5.11 Å². The van der Waals surface area contributed by atoms with Crippen molar-refractivity contribution < 1.29 is 24.3 Å². The second-order valence-electron chi connectivity index (χ2n) is 6.49. The minimum absolute atomic E-state index is 0.245. The number of aliphatic carboxylic acids is 1. The van der Waals surface area contributed by atoms with Crippen molar-refractivity contribution in [2.24, 2.45) is 5.92 Å². The number of carbonyl (C=O) groups excluding carboxylic acids is 1. The van der Waals surface area contributed by atoms with Gasteiger partial charge < -0.3 is 14.7 Å². The monoisotopic (exact) mass is 288 g/mol. The first kappa shape index (κ1) is 19.1. The Labute approximate surface area is 122 Å². The van der Waals surface area contributed by atoms with Gasteiger partial charge in [-0.15, -0.1) is 0 Å². The Balaban J connectivity index is 4.37. The average molecular weight is 288 g/mol. The lowest BCUT2D eigenvalue weighted by Crippen LogP contribution is -2.47. The van der Waals surface area contributed by atoms with E-state index in [1.807, 2.05) is 21.1 Å². The third-order valence-electron chi connectivity index (χ3n) is 3.26. The molecule has 5 nitrogen and oxygen atoms in total. The van der Waals surface area contributed by atoms with E-state index in [0.717, 1.165) is 25.7 Å². The van der Waals surface area contributed by atoms with Crippen molar-refractivity contribution in [2.75, 3.05) is 27.7 Å². The SMILES string of the molecule is CCCCCCCC(=O)[C@H](C(=O)O)[C@H](O)C[N+](C)(C)C. The van der Waals surface area contributed by atoms with Crippen molar-refractivity contribution in [2.45, 2.75) is 51.6 Å². The van der Waals surface area contributed by atoms with E-state index in [0.29, 0.717) is 10.9 Å². The van der Waals surface area contributed by atoms with Gasteiger partial charge in [0.15, 0.2) is 0 Å². The fraction of sp³-hybridized carbons (Fsp3) is 0.867. The number of aliphatic hydroxyl groups is 1. The standard InChI is InChI=1S/C15H29NO4/c1-5-6-7-8-9-10-12(17)14(15(19)20)13(18)11-16(2,3)4/h13-14,18H,5-11H2,1-4H3/p+1/t13-,14+/m1/s1. The number of Topliss-reactive ketones (excluding diaryl/α,β-unsaturated/α-hetero) is 1. The molecule has 0 aliphatic carbocycles. The number of carbonyl (C=O) groups is 2. The van der Waals surface area contributed by atoms with Crippen molar-refractivity contribution >= 4 is 11.8 Å². The quantitative estimate of drug-likeness (QED) is 0.345. The summed E-state index contributed by atoms with van der Waals surface area (Å²) in [5.74, 6) is -2.86. The summed E-state index contributed by atoms with van der Waals surface area (Å²) in [4.78, 5) is 23.2. The summed E-state index contributed by atoms with van der Waals surface area (Å²) in [6.45, 7) is 2.37. The van der Waals surface area contributed by atoms with E-state index in [2.05, 4.69) is 6.92 Å². The Morgan fingerprint density at radius 2 is 1.60 bits per heavy atom. The number of carboxylic acids is 1. The zero-order chi connectivity index (χ0) is 15.8. The van der Waals surface area contributed by atoms with Crippen LogP contribution in [0.5, 0.6) is 0 Å². The molecule has 0 aliphatic rings. The molecule has 0 spiro atoms. The van der Waals surface area contributed by atoms with Crippen LogP contribution in [-0.2, 0) is 9.59 Å². The normalized spacial score (nSPS) is 14.8. The fourth-order valence-corrected chi connectivity index (χ4v) is 2.24. The second kappa shape index (κ2) is 9.08. The van der Waals surface area contributed by atoms with Gasteiger partial charge in [-0.2, -0.15) is 0 Å². The molecule has 0 bridgehead atoms. The molecule has 0 aromatic heterocycles. The summed E-state index contributed by atoms with van der Waals surface area (Å²) < 4.78 is 0.425. The van der Waals surface area contributed by atoms with E-state index >= 15 is 0 Å². The van der Waals surface area contributed by atoms with Crippen LogP contribution in [0.2, 0.25) is 0 Å². The molecule has 0 radical (unpaired) electrons. The summed E-state index contributed by atoms with van der Waals surface area (Å²) in [6, 6.07) is 0. The molecule has 0 fully saturated rings. The van der Waals surface area contributed by atoms with Crippen molar-refractivity contribution in [3.05, 3.63) is 0 Å². The molecule has 20 heavy (non-hydrogen) atoms. The molecule has 2 N–H and O–H groups in total. The summed E-state index contributed by atoms with van der Waals surface area (Å²) >= 11 is 0. The zero-order valence-corrected chi connectivity index (χ0v) is 13.3. The molecule has 0 unspecified atom stereocenters. The third kappa shape index (κ3) is 8.27. The molecule has 118 valence electrons. The largest absolute Gasteiger partial charge is 0.481 e. The summed E-state index contributed by atoms with van der Waals surface area (Å²) in [6.07, 6.45) is 4.11. The number of likely N-dealkylation sites (N-methyl/N-ethyl adjacent to an activating group) is 1. The highest BCUT2D eigenvalue weighted by molar-refractivity contribution is 5.98. The number of ketones is 1. The van der Waals surface area contributed by atoms with Crippen molar-refractivity contribution in [1.82, 2.24) is 0 Å². The number of carboxylic acid groups (broad SMARTS) is 1. The molecule has 2 atom stereocenters. The number of hydrogen-bond acceptors (Lipinski definition) is 3. The zero-order valence-electron chi connectivity index (χ0n) is 13.3. The molecule has 0 heterocycles. The maximum Gasteiger partial charge on any atom is 0.316 e. The van der Waals surface area contributed by atoms with Gasteiger partial charge in [0.2, 0.25) is 0 Å². The van der Waals surface area contributed by atoms with E-state index < -0.39 is 18.0 Å². The van der Waals surface area contributed by atoms with Crippen LogP contribution in [-0.4, -0.2) is 60.2 Å². The minimum atomic E-state index is -1.29. The average Bonchev–Trinajstić information content (AvgIpc) is 2.25. The van der Waals surface area contributed by atoms with Gasteiger partial charge in [-0.05, 0) is 6.42 Å². The van der Waals surface area contributed by atoms with Crippen LogP contribution in [0.4, 0.5) is 0 Å². The molecule has 0 aliphatic heterocycles. The number of aliphatic hydroxyl groups excluding tert-OH is 1. The van der Waals surface area contributed by atoms with Gasteiger partial charge in [-0.3, -0.25) is 9.59 Å². The molecule has 0 saturated heterocycles. The highest BCUT2D eigenvalue weighted by Gasteiger charge is 2.35. The lowest BCUT2D eigenvalue weighted by molar-refractivity contribution is -0.873. The van der Waals surface area contributed by atoms with Crippen LogP contribution in [0.3, 0.4) is 0 Å². The molecule has 0 amide bonds. The van der Waals surface area contributed by atoms with Gasteiger partial charge >= 0.3 is 5.97 Å². The van der Waals surface area contributed by atoms with E-state index in [1.165, 1.54) is 0 Å². The van der Waals surface area contributed by atoms with E-state index in [-0.39, 0.29) is 18.7 Å². The Kier molecular flexibility index (Phi) is 8.65.